The average Bonchev–Trinajstić information content (AvgIpc) is 2.59. The van der Waals surface area contributed by atoms with Crippen LogP contribution in [0, 0.1) is 0 Å². The van der Waals surface area contributed by atoms with Crippen molar-refractivity contribution in [2.75, 3.05) is 5.32 Å². The van der Waals surface area contributed by atoms with Gasteiger partial charge in [0.15, 0.2) is 17.9 Å². The van der Waals surface area contributed by atoms with E-state index < -0.39 is 30.4 Å². The number of nitrogens with zero attached hydrogens (tertiary/aromatic N) is 3. The molecule has 0 heterocycles. The average molecular weight is 406 g/mol. The zero-order chi connectivity index (χ0) is 21.6. The summed E-state index contributed by atoms with van der Waals surface area (Å²) in [5, 5.41) is 12.9. The molecule has 0 unspecified atom stereocenters. The summed E-state index contributed by atoms with van der Waals surface area (Å²) < 4.78 is 5.44. The molecule has 2 rings (SSSR count). The molecule has 13 nitrogen and oxygen atoms in total. The first kappa shape index (κ1) is 21.6. The normalized spacial score (nSPS) is 23.3. The molecule has 1 fully saturated rings. The summed E-state index contributed by atoms with van der Waals surface area (Å²) >= 11 is 0. The van der Waals surface area contributed by atoms with E-state index in [1.165, 1.54) is 0 Å². The summed E-state index contributed by atoms with van der Waals surface area (Å²) in [6, 6.07) is 5.33. The summed E-state index contributed by atoms with van der Waals surface area (Å²) in [5.74, 6) is -0.533. The second-order valence-electron chi connectivity index (χ2n) is 6.40. The van der Waals surface area contributed by atoms with Crippen LogP contribution >= 0.6 is 0 Å². The number of aliphatic hydroxyl groups is 1. The van der Waals surface area contributed by atoms with Crippen molar-refractivity contribution in [2.45, 2.75) is 37.1 Å². The van der Waals surface area contributed by atoms with Crippen molar-refractivity contribution >= 4 is 35.3 Å². The Hall–Kier alpha value is -3.74. The minimum absolute atomic E-state index is 0.0336. The van der Waals surface area contributed by atoms with Crippen molar-refractivity contribution in [3.8, 4) is 0 Å². The number of aliphatic imine (C=N–C) groups is 3. The van der Waals surface area contributed by atoms with E-state index in [0.29, 0.717) is 11.4 Å². The van der Waals surface area contributed by atoms with Gasteiger partial charge in [-0.1, -0.05) is 12.1 Å². The van der Waals surface area contributed by atoms with Gasteiger partial charge in [0.25, 0.3) is 0 Å². The molecule has 1 amide bonds. The third-order valence-corrected chi connectivity index (χ3v) is 4.11. The quantitative estimate of drug-likeness (QED) is 0.197. The highest BCUT2D eigenvalue weighted by Crippen LogP contribution is 2.28. The number of carbonyl (C=O) groups excluding carboxylic acids is 1. The van der Waals surface area contributed by atoms with Crippen LogP contribution in [0.3, 0.4) is 0 Å². The van der Waals surface area contributed by atoms with Crippen LogP contribution < -0.4 is 39.7 Å². The van der Waals surface area contributed by atoms with Crippen LogP contribution in [0.5, 0.6) is 0 Å². The van der Waals surface area contributed by atoms with E-state index in [9.17, 15) is 9.90 Å². The fourth-order valence-electron chi connectivity index (χ4n) is 2.99. The number of ether oxygens (including phenoxy) is 1. The van der Waals surface area contributed by atoms with Gasteiger partial charge >= 0.3 is 6.09 Å². The number of anilines is 1. The highest BCUT2D eigenvalue weighted by atomic mass is 16.6. The fraction of sp³-hybridized carbons (Fsp3) is 0.375. The highest BCUT2D eigenvalue weighted by Gasteiger charge is 2.39. The van der Waals surface area contributed by atoms with Crippen molar-refractivity contribution in [1.29, 1.82) is 0 Å². The molecule has 14 N–H and O–H groups in total. The molecule has 1 aliphatic carbocycles. The number of amides is 1. The Morgan fingerprint density at radius 2 is 1.59 bits per heavy atom. The van der Waals surface area contributed by atoms with E-state index in [0.717, 1.165) is 0 Å². The maximum atomic E-state index is 12.4. The molecule has 4 atom stereocenters. The maximum Gasteiger partial charge on any atom is 0.412 e. The molecule has 1 aromatic rings. The standard InChI is InChI=1S/C16H26N10O3/c17-13(18)23-7-3-1-2-4-8(7)26-16(28)29-12-6-11(27)9(24-14(19)20)5-10(12)25-15(21)22/h1-4,9-12,27H,5-6H2,(H,26,28)(H4,17,18,23)(H4,19,20,24)(H4,21,22,25)/t9-,10+,11-,12+/m1/s1. The number of rotatable bonds is 5. The van der Waals surface area contributed by atoms with Gasteiger partial charge in [-0.15, -0.1) is 0 Å². The third-order valence-electron chi connectivity index (χ3n) is 4.11. The van der Waals surface area contributed by atoms with Gasteiger partial charge in [-0.05, 0) is 18.6 Å². The fourth-order valence-corrected chi connectivity index (χ4v) is 2.99. The second-order valence-corrected chi connectivity index (χ2v) is 6.40. The van der Waals surface area contributed by atoms with Gasteiger partial charge in [0.2, 0.25) is 0 Å². The smallest absolute Gasteiger partial charge is 0.412 e. The molecule has 1 saturated carbocycles. The lowest BCUT2D eigenvalue weighted by molar-refractivity contribution is 0.00690. The number of guanidine groups is 3. The SMILES string of the molecule is NC(N)=Nc1ccccc1NC(=O)O[C@H]1C[C@@H](O)[C@H](N=C(N)N)C[C@@H]1N=C(N)N. The van der Waals surface area contributed by atoms with Crippen LogP contribution in [0.4, 0.5) is 16.2 Å². The van der Waals surface area contributed by atoms with E-state index in [4.69, 9.17) is 39.1 Å². The predicted octanol–water partition coefficient (Wildman–Crippen LogP) is -2.05. The number of hydrogen-bond donors (Lipinski definition) is 8. The summed E-state index contributed by atoms with van der Waals surface area (Å²) in [4.78, 5) is 24.4. The number of nitrogens with two attached hydrogens (primary N) is 6. The maximum absolute atomic E-state index is 12.4. The van der Waals surface area contributed by atoms with Crippen molar-refractivity contribution in [1.82, 2.24) is 0 Å². The zero-order valence-corrected chi connectivity index (χ0v) is 15.6. The minimum Gasteiger partial charge on any atom is -0.444 e. The van der Waals surface area contributed by atoms with Crippen LogP contribution in [0.25, 0.3) is 0 Å². The molecule has 1 aliphatic rings. The minimum atomic E-state index is -0.950. The topological polar surface area (TPSA) is 252 Å². The predicted molar refractivity (Wildman–Crippen MR) is 110 cm³/mol. The van der Waals surface area contributed by atoms with Crippen LogP contribution in [-0.2, 0) is 4.74 Å². The first-order valence-corrected chi connectivity index (χ1v) is 8.67. The molecule has 0 aliphatic heterocycles. The third kappa shape index (κ3) is 6.42. The summed E-state index contributed by atoms with van der Waals surface area (Å²) in [6.45, 7) is 0. The zero-order valence-electron chi connectivity index (χ0n) is 15.6. The van der Waals surface area contributed by atoms with Gasteiger partial charge in [0.05, 0.1) is 29.6 Å². The number of para-hydroxylation sites is 2. The van der Waals surface area contributed by atoms with E-state index in [2.05, 4.69) is 20.3 Å². The Morgan fingerprint density at radius 3 is 2.21 bits per heavy atom. The molecular formula is C16H26N10O3. The summed E-state index contributed by atoms with van der Waals surface area (Å²) in [7, 11) is 0. The van der Waals surface area contributed by atoms with Crippen molar-refractivity contribution < 1.29 is 14.6 Å². The molecule has 1 aromatic carbocycles. The van der Waals surface area contributed by atoms with Crippen molar-refractivity contribution in [3.63, 3.8) is 0 Å². The Bertz CT molecular complexity index is 813. The number of hydrogen-bond acceptors (Lipinski definition) is 6. The van der Waals surface area contributed by atoms with Crippen LogP contribution in [0.15, 0.2) is 39.2 Å². The van der Waals surface area contributed by atoms with Gasteiger partial charge in [-0.2, -0.15) is 0 Å². The number of aliphatic hydroxyl groups excluding tert-OH is 1. The van der Waals surface area contributed by atoms with E-state index >= 15 is 0 Å². The molecule has 0 bridgehead atoms. The second kappa shape index (κ2) is 9.45. The number of benzene rings is 1. The van der Waals surface area contributed by atoms with Gasteiger partial charge in [0.1, 0.15) is 6.10 Å². The Balaban J connectivity index is 2.15. The lowest BCUT2D eigenvalue weighted by atomic mass is 9.86. The molecule has 158 valence electrons. The summed E-state index contributed by atoms with van der Waals surface area (Å²) in [6.07, 6.45) is -2.34. The molecular weight excluding hydrogens is 380 g/mol. The highest BCUT2D eigenvalue weighted by molar-refractivity contribution is 5.91. The summed E-state index contributed by atoms with van der Waals surface area (Å²) in [5.41, 5.74) is 33.2. The van der Waals surface area contributed by atoms with Crippen LogP contribution in [-0.4, -0.2) is 53.4 Å². The molecule has 0 spiro atoms. The molecule has 0 aromatic heterocycles. The van der Waals surface area contributed by atoms with E-state index in [-0.39, 0.29) is 30.7 Å². The first-order chi connectivity index (χ1) is 13.7. The Kier molecular flexibility index (Phi) is 7.03. The Morgan fingerprint density at radius 1 is 0.966 bits per heavy atom. The lowest BCUT2D eigenvalue weighted by Gasteiger charge is -2.35. The van der Waals surface area contributed by atoms with Crippen LogP contribution in [0.1, 0.15) is 12.8 Å². The van der Waals surface area contributed by atoms with E-state index in [1.807, 2.05) is 0 Å². The molecule has 0 saturated heterocycles. The van der Waals surface area contributed by atoms with Crippen molar-refractivity contribution in [2.24, 2.45) is 49.4 Å². The lowest BCUT2D eigenvalue weighted by Crippen LogP contribution is -2.48. The first-order valence-electron chi connectivity index (χ1n) is 8.67. The van der Waals surface area contributed by atoms with Gasteiger partial charge in [-0.25, -0.2) is 19.8 Å². The van der Waals surface area contributed by atoms with E-state index in [1.54, 1.807) is 24.3 Å². The molecule has 0 radical (unpaired) electrons. The number of carbonyl (C=O) groups is 1. The molecule has 13 heteroatoms. The van der Waals surface area contributed by atoms with Crippen LogP contribution in [0.2, 0.25) is 0 Å². The van der Waals surface area contributed by atoms with Gasteiger partial charge < -0.3 is 44.2 Å². The number of nitrogens with one attached hydrogen (secondary N) is 1. The largest absolute Gasteiger partial charge is 0.444 e. The monoisotopic (exact) mass is 406 g/mol. The van der Waals surface area contributed by atoms with Crippen molar-refractivity contribution in [3.05, 3.63) is 24.3 Å². The molecule has 29 heavy (non-hydrogen) atoms. The van der Waals surface area contributed by atoms with Gasteiger partial charge in [0, 0.05) is 6.42 Å². The van der Waals surface area contributed by atoms with Gasteiger partial charge in [-0.3, -0.25) is 5.32 Å². The Labute approximate surface area is 166 Å².